The second kappa shape index (κ2) is 7.70. The second-order valence-electron chi connectivity index (χ2n) is 5.51. The molecule has 152 valence electrons. The topological polar surface area (TPSA) is 74.6 Å². The van der Waals surface area contributed by atoms with E-state index in [0.717, 1.165) is 0 Å². The Hall–Kier alpha value is -2.75. The van der Waals surface area contributed by atoms with Gasteiger partial charge in [-0.05, 0) is 35.4 Å². The second-order valence-corrected chi connectivity index (χ2v) is 5.51. The first-order chi connectivity index (χ1) is 12.3. The molecule has 2 N–H and O–H groups in total. The Morgan fingerprint density at radius 3 is 1.04 bits per heavy atom. The Morgan fingerprint density at radius 2 is 0.857 bits per heavy atom. The summed E-state index contributed by atoms with van der Waals surface area (Å²) in [6.45, 7) is 0. The zero-order valence-electron chi connectivity index (χ0n) is 13.5. The van der Waals surface area contributed by atoms with Crippen molar-refractivity contribution in [1.29, 1.82) is 0 Å². The highest BCUT2D eigenvalue weighted by atomic mass is 35.5. The summed E-state index contributed by atoms with van der Waals surface area (Å²) in [5.41, 5.74) is -7.92. The number of halogens is 7. The van der Waals surface area contributed by atoms with Crippen LogP contribution in [0.15, 0.2) is 48.5 Å². The zero-order chi connectivity index (χ0) is 20.6. The molecule has 0 spiro atoms. The highest BCUT2D eigenvalue weighted by Gasteiger charge is 2.72. The van der Waals surface area contributed by atoms with E-state index in [1.807, 2.05) is 0 Å². The van der Waals surface area contributed by atoms with Crippen molar-refractivity contribution < 1.29 is 46.1 Å². The first-order valence-corrected chi connectivity index (χ1v) is 7.13. The van der Waals surface area contributed by atoms with Gasteiger partial charge in [-0.2, -0.15) is 26.3 Å². The number of alkyl halides is 6. The summed E-state index contributed by atoms with van der Waals surface area (Å²) in [7, 11) is 0. The Labute approximate surface area is 159 Å². The van der Waals surface area contributed by atoms with Crippen LogP contribution in [-0.2, 0) is 5.41 Å². The smallest absolute Gasteiger partial charge is 0.411 e. The average molecular weight is 429 g/mol. The Morgan fingerprint density at radius 1 is 0.607 bits per heavy atom. The summed E-state index contributed by atoms with van der Waals surface area (Å²) in [5, 5.41) is 17.6. The van der Waals surface area contributed by atoms with Crippen LogP contribution in [0.5, 0.6) is 0 Å². The number of carbonyl (C=O) groups is 2. The molecule has 0 radical (unpaired) electrons. The predicted octanol–water partition coefficient (Wildman–Crippen LogP) is 4.92. The van der Waals surface area contributed by atoms with Crippen molar-refractivity contribution in [3.05, 3.63) is 70.8 Å². The monoisotopic (exact) mass is 428 g/mol. The number of rotatable bonds is 4. The van der Waals surface area contributed by atoms with Crippen LogP contribution in [0.4, 0.5) is 26.3 Å². The van der Waals surface area contributed by atoms with Crippen LogP contribution in [0.3, 0.4) is 0 Å². The molecule has 2 aromatic rings. The maximum atomic E-state index is 13.8. The summed E-state index contributed by atoms with van der Waals surface area (Å²) in [5.74, 6) is -3.03. The summed E-state index contributed by atoms with van der Waals surface area (Å²) >= 11 is 0. The quantitative estimate of drug-likeness (QED) is 0.678. The Bertz CT molecular complexity index is 784. The lowest BCUT2D eigenvalue weighted by Gasteiger charge is -2.38. The van der Waals surface area contributed by atoms with Crippen molar-refractivity contribution in [2.45, 2.75) is 17.8 Å². The summed E-state index contributed by atoms with van der Waals surface area (Å²) in [4.78, 5) is 21.7. The van der Waals surface area contributed by atoms with E-state index in [0.29, 0.717) is 48.5 Å². The number of hydrogen-bond acceptors (Lipinski definition) is 2. The summed E-state index contributed by atoms with van der Waals surface area (Å²) < 4.78 is 82.8. The van der Waals surface area contributed by atoms with Gasteiger partial charge in [0.25, 0.3) is 0 Å². The fourth-order valence-corrected chi connectivity index (χ4v) is 2.71. The lowest BCUT2D eigenvalue weighted by atomic mass is 9.72. The molecule has 2 aromatic carbocycles. The largest absolute Gasteiger partial charge is 0.478 e. The van der Waals surface area contributed by atoms with Gasteiger partial charge < -0.3 is 10.2 Å². The normalized spacial score (nSPS) is 12.2. The molecule has 0 aliphatic heterocycles. The third-order valence-corrected chi connectivity index (χ3v) is 3.98. The molecule has 0 unspecified atom stereocenters. The minimum absolute atomic E-state index is 0. The molecule has 11 heteroatoms. The van der Waals surface area contributed by atoms with E-state index in [-0.39, 0.29) is 12.4 Å². The number of hydrogen-bond donors (Lipinski definition) is 2. The molecule has 4 nitrogen and oxygen atoms in total. The van der Waals surface area contributed by atoms with Crippen molar-refractivity contribution in [3.8, 4) is 0 Å². The van der Waals surface area contributed by atoms with E-state index < -0.39 is 52.0 Å². The van der Waals surface area contributed by atoms with Crippen LogP contribution in [0, 0.1) is 0 Å². The standard InChI is InChI=1S/C17H10F6O4.ClH/c18-16(19,20)15(17(21,22)23,11-5-1-9(2-6-11)13(24)25)12-7-3-10(4-8-12)14(26)27;/h1-8H,(H,24,25)(H,26,27);1H. The van der Waals surface area contributed by atoms with Crippen molar-refractivity contribution in [1.82, 2.24) is 0 Å². The molecule has 0 aliphatic rings. The lowest BCUT2D eigenvalue weighted by Crippen LogP contribution is -2.54. The van der Waals surface area contributed by atoms with Gasteiger partial charge in [-0.1, -0.05) is 24.3 Å². The van der Waals surface area contributed by atoms with Crippen molar-refractivity contribution in [2.75, 3.05) is 0 Å². The van der Waals surface area contributed by atoms with Crippen LogP contribution in [0.25, 0.3) is 0 Å². The maximum absolute atomic E-state index is 13.8. The molecule has 2 rings (SSSR count). The van der Waals surface area contributed by atoms with E-state index in [2.05, 4.69) is 0 Å². The number of carboxylic acids is 2. The van der Waals surface area contributed by atoms with Crippen LogP contribution >= 0.6 is 12.4 Å². The van der Waals surface area contributed by atoms with Crippen LogP contribution in [0.2, 0.25) is 0 Å². The van der Waals surface area contributed by atoms with Gasteiger partial charge in [-0.3, -0.25) is 0 Å². The highest BCUT2D eigenvalue weighted by Crippen LogP contribution is 2.56. The molecule has 28 heavy (non-hydrogen) atoms. The van der Waals surface area contributed by atoms with E-state index in [1.165, 1.54) is 0 Å². The van der Waals surface area contributed by atoms with Gasteiger partial charge in [0.2, 0.25) is 5.41 Å². The highest BCUT2D eigenvalue weighted by molar-refractivity contribution is 5.88. The Balaban J connectivity index is 0.00000392. The molecule has 0 fully saturated rings. The van der Waals surface area contributed by atoms with E-state index in [1.54, 1.807) is 0 Å². The summed E-state index contributed by atoms with van der Waals surface area (Å²) in [6, 6.07) is 4.30. The Kier molecular flexibility index (Phi) is 6.41. The molecule has 0 saturated carbocycles. The van der Waals surface area contributed by atoms with Crippen molar-refractivity contribution in [3.63, 3.8) is 0 Å². The minimum Gasteiger partial charge on any atom is -0.478 e. The van der Waals surface area contributed by atoms with Crippen LogP contribution in [0.1, 0.15) is 31.8 Å². The first kappa shape index (κ1) is 23.3. The molecular formula is C17H11ClF6O4. The fraction of sp³-hybridized carbons (Fsp3) is 0.176. The first-order valence-electron chi connectivity index (χ1n) is 7.13. The van der Waals surface area contributed by atoms with Gasteiger partial charge in [-0.25, -0.2) is 9.59 Å². The SMILES string of the molecule is Cl.O=C(O)c1ccc(C(c2ccc(C(=O)O)cc2)(C(F)(F)F)C(F)(F)F)cc1. The molecule has 0 bridgehead atoms. The van der Waals surface area contributed by atoms with Gasteiger partial charge >= 0.3 is 24.3 Å². The average Bonchev–Trinajstić information content (AvgIpc) is 2.53. The number of benzene rings is 2. The van der Waals surface area contributed by atoms with Crippen molar-refractivity contribution in [2.24, 2.45) is 0 Å². The van der Waals surface area contributed by atoms with Crippen molar-refractivity contribution >= 4 is 24.3 Å². The van der Waals surface area contributed by atoms with Gasteiger partial charge in [0.15, 0.2) is 0 Å². The third kappa shape index (κ3) is 3.77. The predicted molar refractivity (Wildman–Crippen MR) is 86.9 cm³/mol. The van der Waals surface area contributed by atoms with E-state index >= 15 is 0 Å². The molecule has 0 amide bonds. The molecule has 0 aromatic heterocycles. The maximum Gasteiger partial charge on any atom is 0.411 e. The molecule has 0 aliphatic carbocycles. The minimum atomic E-state index is -5.85. The van der Waals surface area contributed by atoms with E-state index in [4.69, 9.17) is 10.2 Å². The lowest BCUT2D eigenvalue weighted by molar-refractivity contribution is -0.288. The fourth-order valence-electron chi connectivity index (χ4n) is 2.71. The van der Waals surface area contributed by atoms with Gasteiger partial charge in [0.05, 0.1) is 11.1 Å². The summed E-state index contributed by atoms with van der Waals surface area (Å²) in [6.07, 6.45) is -11.7. The van der Waals surface area contributed by atoms with Crippen LogP contribution in [-0.4, -0.2) is 34.5 Å². The van der Waals surface area contributed by atoms with Gasteiger partial charge in [0, 0.05) is 0 Å². The van der Waals surface area contributed by atoms with E-state index in [9.17, 15) is 35.9 Å². The van der Waals surface area contributed by atoms with Gasteiger partial charge in [-0.15, -0.1) is 12.4 Å². The molecular weight excluding hydrogens is 418 g/mol. The third-order valence-electron chi connectivity index (χ3n) is 3.98. The van der Waals surface area contributed by atoms with Crippen LogP contribution < -0.4 is 0 Å². The molecule has 0 atom stereocenters. The molecule has 0 saturated heterocycles. The zero-order valence-corrected chi connectivity index (χ0v) is 14.3. The number of aromatic carboxylic acids is 2. The van der Waals surface area contributed by atoms with Gasteiger partial charge in [0.1, 0.15) is 0 Å². The number of carboxylic acid groups (broad SMARTS) is 2. The molecule has 0 heterocycles.